The average Bonchev–Trinajstić information content (AvgIpc) is 3.44. The molecule has 0 bridgehead atoms. The monoisotopic (exact) mass is 392 g/mol. The Hall–Kier alpha value is -2.83. The van der Waals surface area contributed by atoms with Crippen LogP contribution >= 0.6 is 22.7 Å². The number of hydrogen-bond donors (Lipinski definition) is 0. The van der Waals surface area contributed by atoms with E-state index in [1.165, 1.54) is 10.6 Å². The summed E-state index contributed by atoms with van der Waals surface area (Å²) in [5.74, 6) is 1.62. The van der Waals surface area contributed by atoms with Crippen LogP contribution in [0.4, 0.5) is 5.69 Å². The minimum atomic E-state index is 0.291. The van der Waals surface area contributed by atoms with Gasteiger partial charge in [0.15, 0.2) is 16.3 Å². The summed E-state index contributed by atoms with van der Waals surface area (Å²) in [6.07, 6.45) is 0. The van der Waals surface area contributed by atoms with Gasteiger partial charge in [-0.1, -0.05) is 30.3 Å². The van der Waals surface area contributed by atoms with Gasteiger partial charge in [0.05, 0.1) is 22.8 Å². The number of ether oxygens (including phenoxy) is 2. The summed E-state index contributed by atoms with van der Waals surface area (Å²) in [6, 6.07) is 20.4. The van der Waals surface area contributed by atoms with Crippen LogP contribution in [0, 0.1) is 0 Å². The third-order valence-electron chi connectivity index (χ3n) is 4.33. The molecule has 0 saturated carbocycles. The number of fused-ring (bicyclic) bond motifs is 1. The van der Waals surface area contributed by atoms with Crippen LogP contribution in [0.1, 0.15) is 5.56 Å². The topological polar surface area (TPSA) is 35.8 Å². The molecule has 0 aliphatic carbocycles. The zero-order chi connectivity index (χ0) is 18.1. The highest BCUT2D eigenvalue weighted by Crippen LogP contribution is 2.33. The molecule has 0 N–H and O–H groups in total. The van der Waals surface area contributed by atoms with Crippen LogP contribution in [0.3, 0.4) is 0 Å². The minimum absolute atomic E-state index is 0.291. The second-order valence-electron chi connectivity index (χ2n) is 6.10. The van der Waals surface area contributed by atoms with Gasteiger partial charge in [0.2, 0.25) is 6.79 Å². The van der Waals surface area contributed by atoms with Crippen molar-refractivity contribution in [1.29, 1.82) is 0 Å². The van der Waals surface area contributed by atoms with E-state index in [1.807, 2.05) is 36.4 Å². The summed E-state index contributed by atoms with van der Waals surface area (Å²) >= 11 is 3.40. The molecule has 134 valence electrons. The molecule has 1 aliphatic rings. The van der Waals surface area contributed by atoms with Gasteiger partial charge in [-0.25, -0.2) is 4.99 Å². The van der Waals surface area contributed by atoms with Crippen molar-refractivity contribution in [2.45, 2.75) is 6.54 Å². The minimum Gasteiger partial charge on any atom is -0.454 e. The average molecular weight is 393 g/mol. The Morgan fingerprint density at radius 2 is 1.81 bits per heavy atom. The smallest absolute Gasteiger partial charge is 0.231 e. The van der Waals surface area contributed by atoms with Crippen LogP contribution in [0.2, 0.25) is 0 Å². The van der Waals surface area contributed by atoms with E-state index in [1.54, 1.807) is 22.7 Å². The second-order valence-corrected chi connectivity index (χ2v) is 7.89. The fourth-order valence-electron chi connectivity index (χ4n) is 3.03. The summed E-state index contributed by atoms with van der Waals surface area (Å²) in [4.78, 5) is 7.08. The molecule has 4 aromatic rings. The Morgan fingerprint density at radius 1 is 0.926 bits per heavy atom. The normalized spacial score (nSPS) is 13.3. The van der Waals surface area contributed by atoms with E-state index >= 15 is 0 Å². The Bertz CT molecular complexity index is 1130. The summed E-state index contributed by atoms with van der Waals surface area (Å²) in [5, 5.41) is 4.28. The standard InChI is InChI=1S/C21H16N2O2S2/c1-2-5-16(6-3-1)22-21-23(17(13-27-21)20-7-4-10-26-20)12-15-8-9-18-19(11-15)25-14-24-18/h1-11,13H,12,14H2. The Labute approximate surface area is 164 Å². The van der Waals surface area contributed by atoms with Crippen molar-refractivity contribution in [1.82, 2.24) is 4.57 Å². The molecule has 0 fully saturated rings. The summed E-state index contributed by atoms with van der Waals surface area (Å²) in [6.45, 7) is 1.01. The van der Waals surface area contributed by atoms with Crippen molar-refractivity contribution in [3.8, 4) is 22.1 Å². The third kappa shape index (κ3) is 3.29. The van der Waals surface area contributed by atoms with Gasteiger partial charge in [-0.05, 0) is 41.3 Å². The Kier molecular flexibility index (Phi) is 4.27. The number of thiazole rings is 1. The third-order valence-corrected chi connectivity index (χ3v) is 6.09. The number of hydrogen-bond acceptors (Lipinski definition) is 5. The molecular weight excluding hydrogens is 376 g/mol. The summed E-state index contributed by atoms with van der Waals surface area (Å²) < 4.78 is 13.2. The van der Waals surface area contributed by atoms with Gasteiger partial charge in [-0.15, -0.1) is 22.7 Å². The lowest BCUT2D eigenvalue weighted by Crippen LogP contribution is -2.16. The molecule has 2 aromatic carbocycles. The zero-order valence-electron chi connectivity index (χ0n) is 14.4. The first kappa shape index (κ1) is 16.4. The van der Waals surface area contributed by atoms with Crippen LogP contribution < -0.4 is 14.3 Å². The Morgan fingerprint density at radius 3 is 2.67 bits per heavy atom. The molecule has 27 heavy (non-hydrogen) atoms. The predicted octanol–water partition coefficient (Wildman–Crippen LogP) is 5.29. The molecule has 0 saturated heterocycles. The molecule has 0 radical (unpaired) electrons. The molecule has 0 atom stereocenters. The van der Waals surface area contributed by atoms with Crippen LogP contribution in [-0.4, -0.2) is 11.4 Å². The van der Waals surface area contributed by atoms with Crippen molar-refractivity contribution in [3.63, 3.8) is 0 Å². The summed E-state index contributed by atoms with van der Waals surface area (Å²) in [7, 11) is 0. The molecule has 1 aliphatic heterocycles. The maximum absolute atomic E-state index is 5.54. The van der Waals surface area contributed by atoms with Gasteiger partial charge >= 0.3 is 0 Å². The van der Waals surface area contributed by atoms with Crippen LogP contribution in [0.15, 0.2) is 76.4 Å². The number of rotatable bonds is 4. The predicted molar refractivity (Wildman–Crippen MR) is 109 cm³/mol. The maximum atomic E-state index is 5.54. The number of thiophene rings is 1. The molecule has 6 heteroatoms. The van der Waals surface area contributed by atoms with E-state index in [0.717, 1.165) is 34.1 Å². The number of nitrogens with zero attached hydrogens (tertiary/aromatic N) is 2. The molecular formula is C21H16N2O2S2. The van der Waals surface area contributed by atoms with Crippen molar-refractivity contribution in [2.75, 3.05) is 6.79 Å². The van der Waals surface area contributed by atoms with Gasteiger partial charge in [0.25, 0.3) is 0 Å². The van der Waals surface area contributed by atoms with Gasteiger partial charge in [0, 0.05) is 5.38 Å². The maximum Gasteiger partial charge on any atom is 0.231 e. The fraction of sp³-hybridized carbons (Fsp3) is 0.0952. The molecule has 4 nitrogen and oxygen atoms in total. The van der Waals surface area contributed by atoms with E-state index in [4.69, 9.17) is 14.5 Å². The van der Waals surface area contributed by atoms with Crippen LogP contribution in [0.5, 0.6) is 11.5 Å². The molecule has 0 unspecified atom stereocenters. The van der Waals surface area contributed by atoms with Crippen molar-refractivity contribution in [3.05, 3.63) is 81.8 Å². The molecule has 0 amide bonds. The van der Waals surface area contributed by atoms with E-state index in [-0.39, 0.29) is 0 Å². The van der Waals surface area contributed by atoms with Gasteiger partial charge in [-0.2, -0.15) is 0 Å². The quantitative estimate of drug-likeness (QED) is 0.473. The number of para-hydroxylation sites is 1. The van der Waals surface area contributed by atoms with E-state index < -0.39 is 0 Å². The molecule has 5 rings (SSSR count). The lowest BCUT2D eigenvalue weighted by atomic mass is 10.2. The van der Waals surface area contributed by atoms with Crippen LogP contribution in [0.25, 0.3) is 10.6 Å². The van der Waals surface area contributed by atoms with Gasteiger partial charge < -0.3 is 14.0 Å². The first-order valence-electron chi connectivity index (χ1n) is 8.57. The van der Waals surface area contributed by atoms with E-state index in [9.17, 15) is 0 Å². The zero-order valence-corrected chi connectivity index (χ0v) is 16.0. The molecule has 3 heterocycles. The first-order chi connectivity index (χ1) is 13.4. The van der Waals surface area contributed by atoms with E-state index in [2.05, 4.69) is 39.6 Å². The lowest BCUT2D eigenvalue weighted by molar-refractivity contribution is 0.174. The Balaban J connectivity index is 1.60. The fourth-order valence-corrected chi connectivity index (χ4v) is 4.77. The number of benzene rings is 2. The highest BCUT2D eigenvalue weighted by atomic mass is 32.1. The molecule has 2 aromatic heterocycles. The van der Waals surface area contributed by atoms with Crippen molar-refractivity contribution < 1.29 is 9.47 Å². The molecule has 0 spiro atoms. The summed E-state index contributed by atoms with van der Waals surface area (Å²) in [5.41, 5.74) is 3.30. The van der Waals surface area contributed by atoms with Gasteiger partial charge in [0.1, 0.15) is 0 Å². The lowest BCUT2D eigenvalue weighted by Gasteiger charge is -2.09. The van der Waals surface area contributed by atoms with Crippen molar-refractivity contribution >= 4 is 28.4 Å². The second kappa shape index (κ2) is 7.06. The van der Waals surface area contributed by atoms with Crippen LogP contribution in [-0.2, 0) is 6.54 Å². The highest BCUT2D eigenvalue weighted by molar-refractivity contribution is 7.14. The SMILES string of the molecule is c1ccc(N=c2scc(-c3cccs3)n2Cc2ccc3c(c2)OCO3)cc1. The highest BCUT2D eigenvalue weighted by Gasteiger charge is 2.15. The largest absolute Gasteiger partial charge is 0.454 e. The number of aromatic nitrogens is 1. The van der Waals surface area contributed by atoms with Crippen molar-refractivity contribution in [2.24, 2.45) is 4.99 Å². The van der Waals surface area contributed by atoms with E-state index in [0.29, 0.717) is 6.79 Å². The van der Waals surface area contributed by atoms with Gasteiger partial charge in [-0.3, -0.25) is 0 Å². The first-order valence-corrected chi connectivity index (χ1v) is 10.3.